The molecule has 0 saturated carbocycles. The number of anilines is 1. The molecule has 0 aliphatic heterocycles. The first kappa shape index (κ1) is 14.5. The maximum atomic E-state index is 11.8. The van der Waals surface area contributed by atoms with Crippen LogP contribution in [0.25, 0.3) is 0 Å². The van der Waals surface area contributed by atoms with Gasteiger partial charge in [-0.25, -0.2) is 0 Å². The summed E-state index contributed by atoms with van der Waals surface area (Å²) in [5.41, 5.74) is 7.85. The molecule has 0 aliphatic rings. The van der Waals surface area contributed by atoms with Crippen LogP contribution in [0.15, 0.2) is 24.3 Å². The third kappa shape index (κ3) is 3.47. The molecular weight excluding hydrogens is 226 g/mol. The van der Waals surface area contributed by atoms with Crippen molar-refractivity contribution < 1.29 is 4.79 Å². The molecule has 1 unspecified atom stereocenters. The predicted octanol–water partition coefficient (Wildman–Crippen LogP) is 1.28. The maximum Gasteiger partial charge on any atom is 0.242 e. The number of aryl methyl sites for hydroxylation is 1. The number of carbonyl (C=O) groups is 1. The minimum Gasteiger partial charge on any atom is -0.360 e. The second-order valence-corrected chi connectivity index (χ2v) is 4.41. The van der Waals surface area contributed by atoms with Crippen molar-refractivity contribution in [1.82, 2.24) is 5.32 Å². The molecule has 18 heavy (non-hydrogen) atoms. The molecule has 1 amide bonds. The average Bonchev–Trinajstić information content (AvgIpc) is 2.39. The van der Waals surface area contributed by atoms with Gasteiger partial charge in [-0.1, -0.05) is 18.2 Å². The Morgan fingerprint density at radius 3 is 2.67 bits per heavy atom. The van der Waals surface area contributed by atoms with Crippen LogP contribution in [-0.4, -0.2) is 32.1 Å². The van der Waals surface area contributed by atoms with E-state index >= 15 is 0 Å². The number of rotatable bonds is 6. The van der Waals surface area contributed by atoms with Crippen LogP contribution >= 0.6 is 0 Å². The van der Waals surface area contributed by atoms with E-state index in [1.807, 2.05) is 25.1 Å². The lowest BCUT2D eigenvalue weighted by Crippen LogP contribution is -2.45. The molecule has 0 radical (unpaired) electrons. The fourth-order valence-electron chi connectivity index (χ4n) is 2.02. The SMILES string of the molecule is CNC(=O)C(C)N(CCCN)c1ccccc1C. The molecular formula is C14H23N3O. The first-order chi connectivity index (χ1) is 8.61. The molecule has 3 N–H and O–H groups in total. The number of nitrogens with one attached hydrogen (secondary N) is 1. The second-order valence-electron chi connectivity index (χ2n) is 4.41. The van der Waals surface area contributed by atoms with Gasteiger partial charge in [-0.05, 0) is 38.4 Å². The number of hydrogen-bond acceptors (Lipinski definition) is 3. The van der Waals surface area contributed by atoms with E-state index in [1.54, 1.807) is 7.05 Å². The van der Waals surface area contributed by atoms with Gasteiger partial charge < -0.3 is 16.0 Å². The Kier molecular flexibility index (Phi) is 5.65. The zero-order chi connectivity index (χ0) is 13.5. The Morgan fingerprint density at radius 1 is 1.44 bits per heavy atom. The van der Waals surface area contributed by atoms with Gasteiger partial charge in [0.1, 0.15) is 6.04 Å². The minimum atomic E-state index is -0.192. The van der Waals surface area contributed by atoms with Crippen LogP contribution in [0.3, 0.4) is 0 Å². The van der Waals surface area contributed by atoms with Crippen molar-refractivity contribution in [3.63, 3.8) is 0 Å². The molecule has 1 aromatic carbocycles. The van der Waals surface area contributed by atoms with Crippen molar-refractivity contribution >= 4 is 11.6 Å². The number of carbonyl (C=O) groups excluding carboxylic acids is 1. The number of nitrogens with two attached hydrogens (primary N) is 1. The summed E-state index contributed by atoms with van der Waals surface area (Å²) in [6, 6.07) is 7.91. The van der Waals surface area contributed by atoms with Crippen LogP contribution in [0.4, 0.5) is 5.69 Å². The first-order valence-electron chi connectivity index (χ1n) is 6.35. The lowest BCUT2D eigenvalue weighted by atomic mass is 10.1. The first-order valence-corrected chi connectivity index (χ1v) is 6.35. The lowest BCUT2D eigenvalue weighted by molar-refractivity contribution is -0.121. The van der Waals surface area contributed by atoms with E-state index in [0.717, 1.165) is 18.7 Å². The summed E-state index contributed by atoms with van der Waals surface area (Å²) in [4.78, 5) is 13.9. The maximum absolute atomic E-state index is 11.8. The zero-order valence-corrected chi connectivity index (χ0v) is 11.4. The van der Waals surface area contributed by atoms with Gasteiger partial charge in [0, 0.05) is 19.3 Å². The summed E-state index contributed by atoms with van der Waals surface area (Å²) in [5.74, 6) is 0.0234. The largest absolute Gasteiger partial charge is 0.360 e. The summed E-state index contributed by atoms with van der Waals surface area (Å²) in [6.45, 7) is 5.39. The topological polar surface area (TPSA) is 58.4 Å². The van der Waals surface area contributed by atoms with Crippen molar-refractivity contribution in [2.24, 2.45) is 5.73 Å². The molecule has 1 rings (SSSR count). The Labute approximate surface area is 109 Å². The summed E-state index contributed by atoms with van der Waals surface area (Å²) < 4.78 is 0. The van der Waals surface area contributed by atoms with Crippen molar-refractivity contribution in [1.29, 1.82) is 0 Å². The highest BCUT2D eigenvalue weighted by Gasteiger charge is 2.21. The highest BCUT2D eigenvalue weighted by atomic mass is 16.2. The van der Waals surface area contributed by atoms with Crippen molar-refractivity contribution in [2.75, 3.05) is 25.0 Å². The molecule has 4 nitrogen and oxygen atoms in total. The average molecular weight is 249 g/mol. The van der Waals surface area contributed by atoms with Crippen LogP contribution in [0.5, 0.6) is 0 Å². The van der Waals surface area contributed by atoms with Crippen LogP contribution in [-0.2, 0) is 4.79 Å². The molecule has 0 aromatic heterocycles. The lowest BCUT2D eigenvalue weighted by Gasteiger charge is -2.31. The Balaban J connectivity index is 2.97. The predicted molar refractivity (Wildman–Crippen MR) is 75.7 cm³/mol. The van der Waals surface area contributed by atoms with E-state index in [1.165, 1.54) is 5.56 Å². The van der Waals surface area contributed by atoms with E-state index in [2.05, 4.69) is 23.2 Å². The van der Waals surface area contributed by atoms with Gasteiger partial charge in [0.25, 0.3) is 0 Å². The van der Waals surface area contributed by atoms with Gasteiger partial charge in [0.2, 0.25) is 5.91 Å². The Hall–Kier alpha value is -1.55. The standard InChI is InChI=1S/C14H23N3O/c1-11-7-4-5-8-13(11)17(10-6-9-15)12(2)14(18)16-3/h4-5,7-8,12H,6,9-10,15H2,1-3H3,(H,16,18). The highest BCUT2D eigenvalue weighted by molar-refractivity contribution is 5.84. The van der Waals surface area contributed by atoms with Crippen LogP contribution in [0.1, 0.15) is 18.9 Å². The number of para-hydroxylation sites is 1. The number of amides is 1. The monoisotopic (exact) mass is 249 g/mol. The highest BCUT2D eigenvalue weighted by Crippen LogP contribution is 2.22. The fraction of sp³-hybridized carbons (Fsp3) is 0.500. The van der Waals surface area contributed by atoms with Gasteiger partial charge >= 0.3 is 0 Å². The number of likely N-dealkylation sites (N-methyl/N-ethyl adjacent to an activating group) is 1. The zero-order valence-electron chi connectivity index (χ0n) is 11.4. The van der Waals surface area contributed by atoms with E-state index in [-0.39, 0.29) is 11.9 Å². The van der Waals surface area contributed by atoms with E-state index in [0.29, 0.717) is 6.54 Å². The molecule has 0 spiro atoms. The van der Waals surface area contributed by atoms with E-state index in [4.69, 9.17) is 5.73 Å². The quantitative estimate of drug-likeness (QED) is 0.798. The van der Waals surface area contributed by atoms with Gasteiger partial charge in [0.15, 0.2) is 0 Å². The third-order valence-corrected chi connectivity index (χ3v) is 3.12. The summed E-state index contributed by atoms with van der Waals surface area (Å²) in [6.07, 6.45) is 0.871. The van der Waals surface area contributed by atoms with Gasteiger partial charge in [-0.2, -0.15) is 0 Å². The molecule has 0 heterocycles. The Morgan fingerprint density at radius 2 is 2.11 bits per heavy atom. The molecule has 0 saturated heterocycles. The van der Waals surface area contributed by atoms with E-state index in [9.17, 15) is 4.79 Å². The normalized spacial score (nSPS) is 12.0. The van der Waals surface area contributed by atoms with Crippen molar-refractivity contribution in [2.45, 2.75) is 26.3 Å². The number of hydrogen-bond donors (Lipinski definition) is 2. The van der Waals surface area contributed by atoms with Gasteiger partial charge in [-0.3, -0.25) is 4.79 Å². The van der Waals surface area contributed by atoms with Crippen molar-refractivity contribution in [3.8, 4) is 0 Å². The molecule has 1 atom stereocenters. The van der Waals surface area contributed by atoms with Crippen molar-refractivity contribution in [3.05, 3.63) is 29.8 Å². The van der Waals surface area contributed by atoms with Gasteiger partial charge in [-0.15, -0.1) is 0 Å². The molecule has 4 heteroatoms. The Bertz CT molecular complexity index is 392. The minimum absolute atomic E-state index is 0.0234. The molecule has 1 aromatic rings. The molecule has 0 fully saturated rings. The van der Waals surface area contributed by atoms with E-state index < -0.39 is 0 Å². The number of benzene rings is 1. The summed E-state index contributed by atoms with van der Waals surface area (Å²) >= 11 is 0. The van der Waals surface area contributed by atoms with Crippen LogP contribution in [0.2, 0.25) is 0 Å². The molecule has 100 valence electrons. The molecule has 0 aliphatic carbocycles. The fourth-order valence-corrected chi connectivity index (χ4v) is 2.02. The second kappa shape index (κ2) is 7.01. The van der Waals surface area contributed by atoms with Gasteiger partial charge in [0.05, 0.1) is 0 Å². The van der Waals surface area contributed by atoms with Crippen LogP contribution in [0, 0.1) is 6.92 Å². The van der Waals surface area contributed by atoms with Crippen LogP contribution < -0.4 is 16.0 Å². The summed E-state index contributed by atoms with van der Waals surface area (Å²) in [5, 5.41) is 2.70. The molecule has 0 bridgehead atoms. The third-order valence-electron chi connectivity index (χ3n) is 3.12. The smallest absolute Gasteiger partial charge is 0.242 e. The summed E-state index contributed by atoms with van der Waals surface area (Å²) in [7, 11) is 1.66. The number of nitrogens with zero attached hydrogens (tertiary/aromatic N) is 1.